The molecule has 0 saturated heterocycles. The van der Waals surface area contributed by atoms with E-state index < -0.39 is 10.0 Å². The van der Waals surface area contributed by atoms with E-state index in [9.17, 15) is 13.2 Å². The van der Waals surface area contributed by atoms with E-state index in [1.165, 1.54) is 0 Å². The van der Waals surface area contributed by atoms with E-state index in [1.807, 2.05) is 38.1 Å². The number of rotatable bonds is 12. The quantitative estimate of drug-likeness (QED) is 0.454. The summed E-state index contributed by atoms with van der Waals surface area (Å²) in [4.78, 5) is 12.3. The van der Waals surface area contributed by atoms with Gasteiger partial charge in [-0.15, -0.1) is 0 Å². The zero-order chi connectivity index (χ0) is 22.9. The Kier molecular flexibility index (Phi) is 9.99. The fraction of sp³-hybridized carbons (Fsp3) is 0.409. The number of sulfonamides is 1. The molecule has 0 fully saturated rings. The molecule has 2 aromatic carbocycles. The molecule has 31 heavy (non-hydrogen) atoms. The van der Waals surface area contributed by atoms with Gasteiger partial charge >= 0.3 is 0 Å². The highest BCUT2D eigenvalue weighted by atomic mass is 35.5. The number of benzene rings is 2. The molecule has 0 unspecified atom stereocenters. The van der Waals surface area contributed by atoms with Crippen molar-refractivity contribution in [2.24, 2.45) is 0 Å². The molecular formula is C22H29ClN2O4S2. The first-order valence-corrected chi connectivity index (χ1v) is 13.4. The summed E-state index contributed by atoms with van der Waals surface area (Å²) in [6.45, 7) is 4.05. The molecule has 2 rings (SSSR count). The molecule has 0 bridgehead atoms. The number of anilines is 1. The summed E-state index contributed by atoms with van der Waals surface area (Å²) < 4.78 is 31.1. The Bertz CT molecular complexity index is 950. The maximum Gasteiger partial charge on any atom is 0.240 e. The lowest BCUT2D eigenvalue weighted by Crippen LogP contribution is -2.40. The van der Waals surface area contributed by atoms with Crippen molar-refractivity contribution in [3.8, 4) is 5.75 Å². The molecule has 0 heterocycles. The molecular weight excluding hydrogens is 456 g/mol. The van der Waals surface area contributed by atoms with Gasteiger partial charge in [0.1, 0.15) is 12.3 Å². The fourth-order valence-corrected chi connectivity index (χ4v) is 4.75. The van der Waals surface area contributed by atoms with Crippen LogP contribution in [-0.2, 0) is 20.6 Å². The third-order valence-corrected chi connectivity index (χ3v) is 6.62. The van der Waals surface area contributed by atoms with E-state index in [4.69, 9.17) is 16.3 Å². The standard InChI is InChI=1S/C22H29ClN2O4S2/c1-17(2)29-21-10-8-20(9-11-21)25(31(3,27)28)15-22(26)24-12-5-13-30-16-18-6-4-7-19(23)14-18/h4,6-11,14,17H,5,12-13,15-16H2,1-3H3,(H,24,26). The first kappa shape index (κ1) is 25.4. The second-order valence-electron chi connectivity index (χ2n) is 7.32. The van der Waals surface area contributed by atoms with E-state index in [-0.39, 0.29) is 18.6 Å². The predicted octanol–water partition coefficient (Wildman–Crippen LogP) is 4.33. The Labute approximate surface area is 194 Å². The number of carbonyl (C=O) groups excluding carboxylic acids is 1. The number of nitrogens with zero attached hydrogens (tertiary/aromatic N) is 1. The van der Waals surface area contributed by atoms with Crippen LogP contribution in [0.5, 0.6) is 5.75 Å². The average Bonchev–Trinajstić information content (AvgIpc) is 2.68. The smallest absolute Gasteiger partial charge is 0.240 e. The van der Waals surface area contributed by atoms with Crippen LogP contribution in [0.4, 0.5) is 5.69 Å². The summed E-state index contributed by atoms with van der Waals surface area (Å²) in [5.41, 5.74) is 1.58. The maximum atomic E-state index is 12.3. The van der Waals surface area contributed by atoms with Crippen molar-refractivity contribution in [3.63, 3.8) is 0 Å². The summed E-state index contributed by atoms with van der Waals surface area (Å²) in [5.74, 6) is 2.03. The lowest BCUT2D eigenvalue weighted by atomic mass is 10.2. The number of halogens is 1. The van der Waals surface area contributed by atoms with Gasteiger partial charge in [-0.05, 0) is 68.0 Å². The Balaban J connectivity index is 1.79. The second-order valence-corrected chi connectivity index (χ2v) is 10.8. The van der Waals surface area contributed by atoms with Gasteiger partial charge in [-0.3, -0.25) is 9.10 Å². The van der Waals surface area contributed by atoms with Crippen molar-refractivity contribution in [2.45, 2.75) is 32.1 Å². The second kappa shape index (κ2) is 12.2. The van der Waals surface area contributed by atoms with Crippen LogP contribution in [-0.4, -0.2) is 45.5 Å². The van der Waals surface area contributed by atoms with Crippen LogP contribution in [0.25, 0.3) is 0 Å². The normalized spacial score (nSPS) is 11.4. The van der Waals surface area contributed by atoms with Gasteiger partial charge < -0.3 is 10.1 Å². The first-order chi connectivity index (χ1) is 14.6. The van der Waals surface area contributed by atoms with Gasteiger partial charge in [0.05, 0.1) is 18.0 Å². The third-order valence-electron chi connectivity index (χ3n) is 4.13. The van der Waals surface area contributed by atoms with Gasteiger partial charge in [-0.2, -0.15) is 11.8 Å². The Morgan fingerprint density at radius 3 is 2.52 bits per heavy atom. The Morgan fingerprint density at radius 1 is 1.19 bits per heavy atom. The molecule has 0 atom stereocenters. The van der Waals surface area contributed by atoms with Crippen LogP contribution >= 0.6 is 23.4 Å². The molecule has 0 aromatic heterocycles. The largest absolute Gasteiger partial charge is 0.491 e. The van der Waals surface area contributed by atoms with Crippen LogP contribution in [0.15, 0.2) is 48.5 Å². The summed E-state index contributed by atoms with van der Waals surface area (Å²) in [5, 5.41) is 3.52. The number of ether oxygens (including phenoxy) is 1. The Hall–Kier alpha value is -1.90. The minimum atomic E-state index is -3.61. The zero-order valence-corrected chi connectivity index (χ0v) is 20.4. The molecule has 6 nitrogen and oxygen atoms in total. The maximum absolute atomic E-state index is 12.3. The summed E-state index contributed by atoms with van der Waals surface area (Å²) in [6.07, 6.45) is 1.90. The van der Waals surface area contributed by atoms with Gasteiger partial charge in [-0.25, -0.2) is 8.42 Å². The zero-order valence-electron chi connectivity index (χ0n) is 18.0. The van der Waals surface area contributed by atoms with Gasteiger partial charge in [0.15, 0.2) is 0 Å². The van der Waals surface area contributed by atoms with Crippen LogP contribution in [0, 0.1) is 0 Å². The molecule has 9 heteroatoms. The van der Waals surface area contributed by atoms with E-state index in [0.717, 1.165) is 39.1 Å². The van der Waals surface area contributed by atoms with Crippen molar-refractivity contribution < 1.29 is 17.9 Å². The number of thioether (sulfide) groups is 1. The van der Waals surface area contributed by atoms with Gasteiger partial charge in [0, 0.05) is 17.3 Å². The van der Waals surface area contributed by atoms with E-state index >= 15 is 0 Å². The molecule has 0 aliphatic heterocycles. The van der Waals surface area contributed by atoms with E-state index in [0.29, 0.717) is 18.0 Å². The minimum Gasteiger partial charge on any atom is -0.491 e. The molecule has 170 valence electrons. The summed E-state index contributed by atoms with van der Waals surface area (Å²) in [6, 6.07) is 14.4. The minimum absolute atomic E-state index is 0.0197. The number of amides is 1. The molecule has 0 aliphatic carbocycles. The van der Waals surface area contributed by atoms with Crippen molar-refractivity contribution in [1.29, 1.82) is 0 Å². The monoisotopic (exact) mass is 484 g/mol. The van der Waals surface area contributed by atoms with Gasteiger partial charge in [0.25, 0.3) is 0 Å². The van der Waals surface area contributed by atoms with Crippen LogP contribution < -0.4 is 14.4 Å². The number of hydrogen-bond donors (Lipinski definition) is 1. The third kappa shape index (κ3) is 9.41. The van der Waals surface area contributed by atoms with Gasteiger partial charge in [0.2, 0.25) is 15.9 Å². The van der Waals surface area contributed by atoms with Gasteiger partial charge in [-0.1, -0.05) is 23.7 Å². The average molecular weight is 485 g/mol. The molecule has 0 aliphatic rings. The van der Waals surface area contributed by atoms with Crippen molar-refractivity contribution in [1.82, 2.24) is 5.32 Å². The molecule has 0 spiro atoms. The number of hydrogen-bond acceptors (Lipinski definition) is 5. The lowest BCUT2D eigenvalue weighted by Gasteiger charge is -2.22. The van der Waals surface area contributed by atoms with Crippen LogP contribution in [0.1, 0.15) is 25.8 Å². The van der Waals surface area contributed by atoms with Crippen molar-refractivity contribution in [3.05, 3.63) is 59.1 Å². The molecule has 1 amide bonds. The highest BCUT2D eigenvalue weighted by Crippen LogP contribution is 2.22. The molecule has 0 radical (unpaired) electrons. The van der Waals surface area contributed by atoms with E-state index in [1.54, 1.807) is 36.0 Å². The first-order valence-electron chi connectivity index (χ1n) is 9.98. The topological polar surface area (TPSA) is 75.7 Å². The van der Waals surface area contributed by atoms with Crippen LogP contribution in [0.2, 0.25) is 5.02 Å². The predicted molar refractivity (Wildman–Crippen MR) is 130 cm³/mol. The van der Waals surface area contributed by atoms with E-state index in [2.05, 4.69) is 5.32 Å². The highest BCUT2D eigenvalue weighted by molar-refractivity contribution is 7.98. The molecule has 0 saturated carbocycles. The van der Waals surface area contributed by atoms with Crippen molar-refractivity contribution >= 4 is 45.0 Å². The summed E-state index contributed by atoms with van der Waals surface area (Å²) in [7, 11) is -3.61. The fourth-order valence-electron chi connectivity index (χ4n) is 2.77. The highest BCUT2D eigenvalue weighted by Gasteiger charge is 2.20. The number of nitrogens with one attached hydrogen (secondary N) is 1. The lowest BCUT2D eigenvalue weighted by molar-refractivity contribution is -0.119. The van der Waals surface area contributed by atoms with Crippen molar-refractivity contribution in [2.75, 3.05) is 29.4 Å². The summed E-state index contributed by atoms with van der Waals surface area (Å²) >= 11 is 7.74. The SMILES string of the molecule is CC(C)Oc1ccc(N(CC(=O)NCCCSCc2cccc(Cl)c2)S(C)(=O)=O)cc1. The molecule has 1 N–H and O–H groups in total. The molecule has 2 aromatic rings. The van der Waals surface area contributed by atoms with Crippen LogP contribution in [0.3, 0.4) is 0 Å². The Morgan fingerprint density at radius 2 is 1.90 bits per heavy atom. The number of carbonyl (C=O) groups is 1.